The first-order valence-electron chi connectivity index (χ1n) is 4.31. The van der Waals surface area contributed by atoms with Gasteiger partial charge in [-0.15, -0.1) is 0 Å². The highest BCUT2D eigenvalue weighted by atomic mass is 32.2. The summed E-state index contributed by atoms with van der Waals surface area (Å²) in [6.07, 6.45) is 3.02. The molecule has 5 heteroatoms. The maximum atomic E-state index is 11.1. The molecule has 4 nitrogen and oxygen atoms in total. The fourth-order valence-corrected chi connectivity index (χ4v) is 2.22. The van der Waals surface area contributed by atoms with E-state index in [2.05, 4.69) is 4.98 Å². The Morgan fingerprint density at radius 1 is 1.20 bits per heavy atom. The standard InChI is InChI=1S/C10H9NO3S/c1-7-2-3-10(15(12,13)14)9-6-11-5-4-8(7)9/h2-6H,1H3,(H,12,13,14). The molecule has 0 radical (unpaired) electrons. The number of rotatable bonds is 1. The highest BCUT2D eigenvalue weighted by molar-refractivity contribution is 7.86. The maximum Gasteiger partial charge on any atom is 0.295 e. The van der Waals surface area contributed by atoms with Crippen molar-refractivity contribution in [2.75, 3.05) is 0 Å². The Labute approximate surface area is 87.3 Å². The Morgan fingerprint density at radius 3 is 2.60 bits per heavy atom. The molecule has 1 aromatic carbocycles. The first-order chi connectivity index (χ1) is 7.00. The Bertz CT molecular complexity index is 620. The second kappa shape index (κ2) is 3.29. The van der Waals surface area contributed by atoms with Crippen molar-refractivity contribution in [1.82, 2.24) is 4.98 Å². The molecule has 0 saturated carbocycles. The van der Waals surface area contributed by atoms with E-state index in [1.165, 1.54) is 12.3 Å². The lowest BCUT2D eigenvalue weighted by Crippen LogP contribution is -1.99. The normalized spacial score (nSPS) is 11.9. The van der Waals surface area contributed by atoms with Gasteiger partial charge in [0.25, 0.3) is 10.1 Å². The van der Waals surface area contributed by atoms with Gasteiger partial charge in [0.1, 0.15) is 4.90 Å². The minimum absolute atomic E-state index is 0.101. The predicted octanol–water partition coefficient (Wildman–Crippen LogP) is 1.79. The molecule has 0 amide bonds. The Hall–Kier alpha value is -1.46. The fourth-order valence-electron chi connectivity index (χ4n) is 1.54. The molecule has 0 bridgehead atoms. The van der Waals surface area contributed by atoms with Gasteiger partial charge in [-0.05, 0) is 30.0 Å². The molecular weight excluding hydrogens is 214 g/mol. The highest BCUT2D eigenvalue weighted by Gasteiger charge is 2.14. The molecule has 0 aliphatic carbocycles. The molecule has 0 spiro atoms. The topological polar surface area (TPSA) is 67.3 Å². The van der Waals surface area contributed by atoms with Crippen molar-refractivity contribution in [3.63, 3.8) is 0 Å². The van der Waals surface area contributed by atoms with Gasteiger partial charge in [0.15, 0.2) is 0 Å². The quantitative estimate of drug-likeness (QED) is 0.748. The minimum Gasteiger partial charge on any atom is -0.282 e. The average molecular weight is 223 g/mol. The van der Waals surface area contributed by atoms with Crippen LogP contribution >= 0.6 is 0 Å². The molecule has 0 saturated heterocycles. The van der Waals surface area contributed by atoms with E-state index >= 15 is 0 Å². The first-order valence-corrected chi connectivity index (χ1v) is 5.75. The van der Waals surface area contributed by atoms with E-state index < -0.39 is 10.1 Å². The van der Waals surface area contributed by atoms with E-state index in [0.717, 1.165) is 10.9 Å². The summed E-state index contributed by atoms with van der Waals surface area (Å²) >= 11 is 0. The summed E-state index contributed by atoms with van der Waals surface area (Å²) in [4.78, 5) is 3.75. The second-order valence-electron chi connectivity index (χ2n) is 3.28. The molecule has 1 aromatic heterocycles. The molecule has 2 rings (SSSR count). The lowest BCUT2D eigenvalue weighted by molar-refractivity contribution is 0.484. The van der Waals surface area contributed by atoms with Gasteiger partial charge in [-0.1, -0.05) is 6.07 Å². The number of nitrogens with zero attached hydrogens (tertiary/aromatic N) is 1. The van der Waals surface area contributed by atoms with Crippen LogP contribution in [0.5, 0.6) is 0 Å². The third-order valence-electron chi connectivity index (χ3n) is 2.27. The Kier molecular flexibility index (Phi) is 2.21. The zero-order valence-electron chi connectivity index (χ0n) is 8.01. The molecule has 2 aromatic rings. The molecule has 0 atom stereocenters. The highest BCUT2D eigenvalue weighted by Crippen LogP contribution is 2.24. The van der Waals surface area contributed by atoms with Crippen LogP contribution in [0.2, 0.25) is 0 Å². The van der Waals surface area contributed by atoms with E-state index in [1.54, 1.807) is 18.3 Å². The summed E-state index contributed by atoms with van der Waals surface area (Å²) < 4.78 is 31.2. The van der Waals surface area contributed by atoms with E-state index in [-0.39, 0.29) is 4.90 Å². The lowest BCUT2D eigenvalue weighted by atomic mass is 10.1. The Morgan fingerprint density at radius 2 is 1.93 bits per heavy atom. The zero-order chi connectivity index (χ0) is 11.1. The maximum absolute atomic E-state index is 11.1. The van der Waals surface area contributed by atoms with E-state index in [9.17, 15) is 8.42 Å². The third-order valence-corrected chi connectivity index (χ3v) is 3.19. The fraction of sp³-hybridized carbons (Fsp3) is 0.100. The van der Waals surface area contributed by atoms with E-state index in [0.29, 0.717) is 5.39 Å². The number of aromatic nitrogens is 1. The molecule has 15 heavy (non-hydrogen) atoms. The van der Waals surface area contributed by atoms with Gasteiger partial charge in [-0.25, -0.2) is 0 Å². The van der Waals surface area contributed by atoms with Gasteiger partial charge < -0.3 is 0 Å². The molecule has 0 aliphatic heterocycles. The molecule has 1 heterocycles. The van der Waals surface area contributed by atoms with Gasteiger partial charge in [0, 0.05) is 17.8 Å². The van der Waals surface area contributed by atoms with Gasteiger partial charge in [0.2, 0.25) is 0 Å². The number of hydrogen-bond acceptors (Lipinski definition) is 3. The smallest absolute Gasteiger partial charge is 0.282 e. The van der Waals surface area contributed by atoms with Crippen molar-refractivity contribution in [2.45, 2.75) is 11.8 Å². The van der Waals surface area contributed by atoms with Gasteiger partial charge >= 0.3 is 0 Å². The van der Waals surface area contributed by atoms with Crippen molar-refractivity contribution in [1.29, 1.82) is 0 Å². The monoisotopic (exact) mass is 223 g/mol. The van der Waals surface area contributed by atoms with Crippen LogP contribution in [0.1, 0.15) is 5.56 Å². The lowest BCUT2D eigenvalue weighted by Gasteiger charge is -2.05. The van der Waals surface area contributed by atoms with Crippen LogP contribution in [0.3, 0.4) is 0 Å². The number of hydrogen-bond donors (Lipinski definition) is 1. The summed E-state index contributed by atoms with van der Waals surface area (Å²) in [6.45, 7) is 1.87. The van der Waals surface area contributed by atoms with Crippen LogP contribution in [0.4, 0.5) is 0 Å². The summed E-state index contributed by atoms with van der Waals surface area (Å²) in [7, 11) is -4.19. The van der Waals surface area contributed by atoms with Gasteiger partial charge in [0.05, 0.1) is 0 Å². The molecule has 0 unspecified atom stereocenters. The van der Waals surface area contributed by atoms with Crippen molar-refractivity contribution in [3.05, 3.63) is 36.2 Å². The van der Waals surface area contributed by atoms with Crippen molar-refractivity contribution < 1.29 is 13.0 Å². The number of aryl methyl sites for hydroxylation is 1. The second-order valence-corrected chi connectivity index (χ2v) is 4.67. The van der Waals surface area contributed by atoms with E-state index in [1.807, 2.05) is 6.92 Å². The molecule has 0 fully saturated rings. The zero-order valence-corrected chi connectivity index (χ0v) is 8.82. The van der Waals surface area contributed by atoms with E-state index in [4.69, 9.17) is 4.55 Å². The first kappa shape index (κ1) is 10.1. The van der Waals surface area contributed by atoms with Crippen molar-refractivity contribution in [2.24, 2.45) is 0 Å². The number of benzene rings is 1. The predicted molar refractivity (Wildman–Crippen MR) is 56.3 cm³/mol. The van der Waals surface area contributed by atoms with Gasteiger partial charge in [-0.3, -0.25) is 9.54 Å². The van der Waals surface area contributed by atoms with Crippen molar-refractivity contribution in [3.8, 4) is 0 Å². The van der Waals surface area contributed by atoms with Crippen LogP contribution in [0, 0.1) is 6.92 Å². The van der Waals surface area contributed by atoms with Crippen LogP contribution < -0.4 is 0 Å². The Balaban J connectivity index is 2.96. The molecule has 0 aliphatic rings. The van der Waals surface area contributed by atoms with Crippen molar-refractivity contribution >= 4 is 20.9 Å². The molecule has 78 valence electrons. The number of pyridine rings is 1. The number of fused-ring (bicyclic) bond motifs is 1. The SMILES string of the molecule is Cc1ccc(S(=O)(=O)O)c2cnccc12. The minimum atomic E-state index is -4.19. The van der Waals surface area contributed by atoms with Gasteiger partial charge in [-0.2, -0.15) is 8.42 Å². The van der Waals surface area contributed by atoms with Crippen LogP contribution in [-0.4, -0.2) is 18.0 Å². The molecular formula is C10H9NO3S. The third kappa shape index (κ3) is 1.71. The summed E-state index contributed by atoms with van der Waals surface area (Å²) in [5.41, 5.74) is 0.944. The summed E-state index contributed by atoms with van der Waals surface area (Å²) in [6, 6.07) is 4.76. The average Bonchev–Trinajstić information content (AvgIpc) is 2.17. The molecule has 1 N–H and O–H groups in total. The summed E-state index contributed by atoms with van der Waals surface area (Å²) in [5.74, 6) is 0. The largest absolute Gasteiger partial charge is 0.295 e. The van der Waals surface area contributed by atoms with Crippen LogP contribution in [0.25, 0.3) is 10.8 Å². The van der Waals surface area contributed by atoms with Crippen LogP contribution in [0.15, 0.2) is 35.5 Å². The van der Waals surface area contributed by atoms with Crippen LogP contribution in [-0.2, 0) is 10.1 Å². The summed E-state index contributed by atoms with van der Waals surface area (Å²) in [5, 5.41) is 1.22.